The molecule has 0 fully saturated rings. The monoisotopic (exact) mass is 399 g/mol. The van der Waals surface area contributed by atoms with Crippen molar-refractivity contribution in [3.8, 4) is 0 Å². The molecule has 0 aliphatic heterocycles. The summed E-state index contributed by atoms with van der Waals surface area (Å²) in [7, 11) is 0. The average Bonchev–Trinajstić information content (AvgIpc) is 2.65. The minimum atomic E-state index is -0.325. The van der Waals surface area contributed by atoms with E-state index in [0.29, 0.717) is 5.75 Å². The summed E-state index contributed by atoms with van der Waals surface area (Å²) in [5, 5.41) is 2.66. The van der Waals surface area contributed by atoms with Crippen LogP contribution in [0.2, 0.25) is 0 Å². The average molecular weight is 400 g/mol. The maximum Gasteiger partial charge on any atom is 0.217 e. The summed E-state index contributed by atoms with van der Waals surface area (Å²) < 4.78 is 0. The standard InChI is InChI=1S/C23H45NO2S/c1-3-4-5-6-7-8-9-10-11-12-13-14-15-16-17-18-19-27-21-23(20-25)24-22(2)26/h20,23H,3-19,21H2,1-2H3,(H,24,26)/t23-/m0/s1. The predicted octanol–water partition coefficient (Wildman–Crippen LogP) is 6.68. The summed E-state index contributed by atoms with van der Waals surface area (Å²) in [6, 6.07) is -0.325. The summed E-state index contributed by atoms with van der Waals surface area (Å²) in [5.74, 6) is 1.65. The first-order valence-corrected chi connectivity index (χ1v) is 12.7. The van der Waals surface area contributed by atoms with E-state index in [9.17, 15) is 9.59 Å². The minimum absolute atomic E-state index is 0.130. The van der Waals surface area contributed by atoms with Gasteiger partial charge >= 0.3 is 0 Å². The second-order valence-corrected chi connectivity index (χ2v) is 8.97. The summed E-state index contributed by atoms with van der Waals surface area (Å²) in [4.78, 5) is 21.8. The lowest BCUT2D eigenvalue weighted by Crippen LogP contribution is -2.36. The largest absolute Gasteiger partial charge is 0.346 e. The van der Waals surface area contributed by atoms with Crippen molar-refractivity contribution in [3.63, 3.8) is 0 Å². The van der Waals surface area contributed by atoms with E-state index in [1.165, 1.54) is 110 Å². The third kappa shape index (κ3) is 21.6. The second kappa shape index (κ2) is 21.8. The highest BCUT2D eigenvalue weighted by atomic mass is 32.2. The topological polar surface area (TPSA) is 46.2 Å². The molecule has 0 bridgehead atoms. The molecule has 0 unspecified atom stereocenters. The van der Waals surface area contributed by atoms with Crippen molar-refractivity contribution >= 4 is 24.0 Å². The van der Waals surface area contributed by atoms with Crippen molar-refractivity contribution in [1.82, 2.24) is 5.32 Å². The zero-order valence-corrected chi connectivity index (χ0v) is 18.9. The molecule has 1 N–H and O–H groups in total. The SMILES string of the molecule is CCCCCCCCCCCCCCCCCCSC[C@H](C=O)NC(C)=O. The first-order chi connectivity index (χ1) is 13.2. The fourth-order valence-corrected chi connectivity index (χ4v) is 4.33. The molecule has 0 aromatic carbocycles. The van der Waals surface area contributed by atoms with Crippen LogP contribution in [0.25, 0.3) is 0 Å². The van der Waals surface area contributed by atoms with Crippen molar-refractivity contribution in [2.24, 2.45) is 0 Å². The lowest BCUT2D eigenvalue weighted by Gasteiger charge is -2.10. The van der Waals surface area contributed by atoms with Gasteiger partial charge in [-0.15, -0.1) is 0 Å². The summed E-state index contributed by atoms with van der Waals surface area (Å²) in [6.45, 7) is 3.74. The third-order valence-electron chi connectivity index (χ3n) is 4.99. The Bertz CT molecular complexity index is 336. The van der Waals surface area contributed by atoms with Crippen LogP contribution in [0, 0.1) is 0 Å². The Morgan fingerprint density at radius 2 is 1.19 bits per heavy atom. The van der Waals surface area contributed by atoms with Crippen LogP contribution in [0.4, 0.5) is 0 Å². The zero-order chi connectivity index (χ0) is 20.0. The molecule has 0 rings (SSSR count). The quantitative estimate of drug-likeness (QED) is 0.173. The van der Waals surface area contributed by atoms with Gasteiger partial charge < -0.3 is 10.1 Å². The lowest BCUT2D eigenvalue weighted by atomic mass is 10.0. The fraction of sp³-hybridized carbons (Fsp3) is 0.913. The number of thioether (sulfide) groups is 1. The first kappa shape index (κ1) is 26.5. The molecule has 0 aromatic heterocycles. The van der Waals surface area contributed by atoms with Crippen molar-refractivity contribution in [2.75, 3.05) is 11.5 Å². The van der Waals surface area contributed by atoms with Gasteiger partial charge in [0, 0.05) is 12.7 Å². The number of nitrogens with one attached hydrogen (secondary N) is 1. The van der Waals surface area contributed by atoms with Gasteiger partial charge in [0.2, 0.25) is 5.91 Å². The van der Waals surface area contributed by atoms with Gasteiger partial charge in [0.05, 0.1) is 6.04 Å². The van der Waals surface area contributed by atoms with Crippen molar-refractivity contribution in [3.05, 3.63) is 0 Å². The maximum absolute atomic E-state index is 10.9. The molecule has 0 saturated heterocycles. The molecule has 160 valence electrons. The minimum Gasteiger partial charge on any atom is -0.346 e. The number of unbranched alkanes of at least 4 members (excludes halogenated alkanes) is 15. The Morgan fingerprint density at radius 1 is 0.778 bits per heavy atom. The Labute approximate surface area is 173 Å². The normalized spacial score (nSPS) is 12.1. The van der Waals surface area contributed by atoms with E-state index in [1.54, 1.807) is 11.8 Å². The van der Waals surface area contributed by atoms with E-state index >= 15 is 0 Å². The fourth-order valence-electron chi connectivity index (χ4n) is 3.34. The lowest BCUT2D eigenvalue weighted by molar-refractivity contribution is -0.121. The van der Waals surface area contributed by atoms with Gasteiger partial charge in [-0.25, -0.2) is 0 Å². The molecule has 0 spiro atoms. The van der Waals surface area contributed by atoms with Gasteiger partial charge in [-0.1, -0.05) is 103 Å². The summed E-state index contributed by atoms with van der Waals surface area (Å²) in [5.41, 5.74) is 0. The molecular formula is C23H45NO2S. The Kier molecular flexibility index (Phi) is 21.4. The number of carbonyl (C=O) groups is 2. The van der Waals surface area contributed by atoms with Crippen LogP contribution in [0.15, 0.2) is 0 Å². The third-order valence-corrected chi connectivity index (χ3v) is 6.16. The van der Waals surface area contributed by atoms with Crippen LogP contribution < -0.4 is 5.32 Å². The molecule has 0 radical (unpaired) electrons. The van der Waals surface area contributed by atoms with Crippen molar-refractivity contribution in [2.45, 2.75) is 123 Å². The predicted molar refractivity (Wildman–Crippen MR) is 121 cm³/mol. The van der Waals surface area contributed by atoms with E-state index in [1.807, 2.05) is 0 Å². The van der Waals surface area contributed by atoms with Gasteiger partial charge in [-0.05, 0) is 12.2 Å². The number of hydrogen-bond acceptors (Lipinski definition) is 3. The van der Waals surface area contributed by atoms with Gasteiger partial charge in [-0.3, -0.25) is 4.79 Å². The van der Waals surface area contributed by atoms with E-state index in [-0.39, 0.29) is 11.9 Å². The number of carbonyl (C=O) groups excluding carboxylic acids is 2. The molecule has 27 heavy (non-hydrogen) atoms. The molecule has 1 atom stereocenters. The molecule has 4 heteroatoms. The van der Waals surface area contributed by atoms with Crippen LogP contribution in [0.3, 0.4) is 0 Å². The first-order valence-electron chi connectivity index (χ1n) is 11.5. The number of aldehydes is 1. The number of rotatable bonds is 21. The van der Waals surface area contributed by atoms with Crippen LogP contribution in [0.1, 0.15) is 117 Å². The van der Waals surface area contributed by atoms with Crippen LogP contribution >= 0.6 is 11.8 Å². The maximum atomic E-state index is 10.9. The van der Waals surface area contributed by atoms with Gasteiger partial charge in [0.25, 0.3) is 0 Å². The molecule has 0 heterocycles. The van der Waals surface area contributed by atoms with Crippen molar-refractivity contribution in [1.29, 1.82) is 0 Å². The highest BCUT2D eigenvalue weighted by Crippen LogP contribution is 2.14. The number of hydrogen-bond donors (Lipinski definition) is 1. The zero-order valence-electron chi connectivity index (χ0n) is 18.1. The molecular weight excluding hydrogens is 354 g/mol. The summed E-state index contributed by atoms with van der Waals surface area (Å²) >= 11 is 1.77. The Balaban J connectivity index is 3.14. The van der Waals surface area contributed by atoms with Crippen molar-refractivity contribution < 1.29 is 9.59 Å². The molecule has 1 amide bonds. The Morgan fingerprint density at radius 3 is 1.56 bits per heavy atom. The molecule has 3 nitrogen and oxygen atoms in total. The van der Waals surface area contributed by atoms with Gasteiger partial charge in [0.15, 0.2) is 0 Å². The smallest absolute Gasteiger partial charge is 0.217 e. The molecule has 0 aliphatic rings. The highest BCUT2D eigenvalue weighted by molar-refractivity contribution is 7.99. The van der Waals surface area contributed by atoms with E-state index in [2.05, 4.69) is 12.2 Å². The van der Waals surface area contributed by atoms with E-state index < -0.39 is 0 Å². The van der Waals surface area contributed by atoms with Crippen LogP contribution in [-0.4, -0.2) is 29.7 Å². The summed E-state index contributed by atoms with van der Waals surface area (Å²) in [6.07, 6.45) is 23.1. The second-order valence-electron chi connectivity index (χ2n) is 7.82. The molecule has 0 aliphatic carbocycles. The van der Waals surface area contributed by atoms with Gasteiger partial charge in [-0.2, -0.15) is 11.8 Å². The van der Waals surface area contributed by atoms with Gasteiger partial charge in [0.1, 0.15) is 6.29 Å². The van der Waals surface area contributed by atoms with Crippen LogP contribution in [0.5, 0.6) is 0 Å². The Hall–Kier alpha value is -0.510. The molecule has 0 saturated carbocycles. The van der Waals surface area contributed by atoms with E-state index in [4.69, 9.17) is 0 Å². The number of amides is 1. The highest BCUT2D eigenvalue weighted by Gasteiger charge is 2.07. The van der Waals surface area contributed by atoms with Crippen LogP contribution in [-0.2, 0) is 9.59 Å². The van der Waals surface area contributed by atoms with E-state index in [0.717, 1.165) is 12.0 Å². The molecule has 0 aromatic rings.